The normalized spacial score (nSPS) is 14.1. The van der Waals surface area contributed by atoms with E-state index in [9.17, 15) is 4.79 Å². The fourth-order valence-electron chi connectivity index (χ4n) is 0.427. The molecular formula is C6H10Cl3NO2. The van der Waals surface area contributed by atoms with Crippen LogP contribution in [-0.2, 0) is 9.53 Å². The van der Waals surface area contributed by atoms with Crippen molar-refractivity contribution in [2.24, 2.45) is 5.73 Å². The summed E-state index contributed by atoms with van der Waals surface area (Å²) >= 11 is 16.0. The molecule has 0 amide bonds. The van der Waals surface area contributed by atoms with Crippen LogP contribution in [0, 0.1) is 0 Å². The Labute approximate surface area is 86.1 Å². The van der Waals surface area contributed by atoms with Crippen molar-refractivity contribution in [3.8, 4) is 0 Å². The third kappa shape index (κ3) is 5.89. The van der Waals surface area contributed by atoms with Crippen LogP contribution in [0.5, 0.6) is 0 Å². The second-order valence-electron chi connectivity index (χ2n) is 2.24. The van der Waals surface area contributed by atoms with Crippen LogP contribution >= 0.6 is 34.8 Å². The summed E-state index contributed by atoms with van der Waals surface area (Å²) in [7, 11) is 0. The predicted octanol–water partition coefficient (Wildman–Crippen LogP) is 1.64. The minimum absolute atomic E-state index is 0.274. The number of carbonyl (C=O) groups is 1. The van der Waals surface area contributed by atoms with Crippen molar-refractivity contribution >= 4 is 40.8 Å². The molecule has 0 radical (unpaired) electrons. The van der Waals surface area contributed by atoms with Gasteiger partial charge in [0.2, 0.25) is 3.79 Å². The molecule has 0 fully saturated rings. The third-order valence-corrected chi connectivity index (χ3v) is 1.45. The molecule has 2 N–H and O–H groups in total. The average Bonchev–Trinajstić information content (AvgIpc) is 1.97. The highest BCUT2D eigenvalue weighted by Gasteiger charge is 2.23. The Balaban J connectivity index is 3.72. The highest BCUT2D eigenvalue weighted by Crippen LogP contribution is 2.25. The van der Waals surface area contributed by atoms with E-state index in [1.807, 2.05) is 0 Å². The minimum Gasteiger partial charge on any atom is -0.460 e. The highest BCUT2D eigenvalue weighted by atomic mass is 35.6. The number of halogens is 3. The van der Waals surface area contributed by atoms with Crippen LogP contribution in [0.25, 0.3) is 0 Å². The maximum Gasteiger partial charge on any atom is 0.323 e. The first-order valence-corrected chi connectivity index (χ1v) is 4.49. The number of carbonyl (C=O) groups excluding carboxylic acids is 1. The molecule has 0 aliphatic rings. The lowest BCUT2D eigenvalue weighted by Crippen LogP contribution is -2.33. The maximum absolute atomic E-state index is 10.9. The van der Waals surface area contributed by atoms with Gasteiger partial charge in [0.1, 0.15) is 12.6 Å². The molecule has 0 bridgehead atoms. The predicted molar refractivity (Wildman–Crippen MR) is 49.5 cm³/mol. The molecule has 0 aliphatic heterocycles. The van der Waals surface area contributed by atoms with Gasteiger partial charge in [-0.05, 0) is 6.42 Å². The van der Waals surface area contributed by atoms with Crippen LogP contribution in [0.15, 0.2) is 0 Å². The van der Waals surface area contributed by atoms with Gasteiger partial charge in [0.15, 0.2) is 0 Å². The summed E-state index contributed by atoms with van der Waals surface area (Å²) in [6, 6.07) is -0.641. The lowest BCUT2D eigenvalue weighted by molar-refractivity contribution is -0.145. The zero-order valence-electron chi connectivity index (χ0n) is 6.52. The molecular weight excluding hydrogens is 224 g/mol. The van der Waals surface area contributed by atoms with E-state index < -0.39 is 15.8 Å². The van der Waals surface area contributed by atoms with Crippen molar-refractivity contribution in [1.29, 1.82) is 0 Å². The standard InChI is InChI=1S/C6H10Cl3NO2/c1-2-4(10)5(11)12-3-6(7,8)9/h4H,2-3,10H2,1H3. The fourth-order valence-corrected chi connectivity index (χ4v) is 0.590. The number of ether oxygens (including phenoxy) is 1. The van der Waals surface area contributed by atoms with Gasteiger partial charge in [0.05, 0.1) is 0 Å². The lowest BCUT2D eigenvalue weighted by atomic mass is 10.2. The van der Waals surface area contributed by atoms with Gasteiger partial charge < -0.3 is 10.5 Å². The molecule has 0 saturated carbocycles. The molecule has 6 heteroatoms. The van der Waals surface area contributed by atoms with E-state index in [2.05, 4.69) is 4.74 Å². The molecule has 0 aromatic rings. The maximum atomic E-state index is 10.9. The Morgan fingerprint density at radius 2 is 2.08 bits per heavy atom. The van der Waals surface area contributed by atoms with E-state index in [-0.39, 0.29) is 6.61 Å². The number of rotatable bonds is 3. The van der Waals surface area contributed by atoms with Crippen molar-refractivity contribution in [3.05, 3.63) is 0 Å². The fraction of sp³-hybridized carbons (Fsp3) is 0.833. The van der Waals surface area contributed by atoms with Gasteiger partial charge in [-0.15, -0.1) is 0 Å². The van der Waals surface area contributed by atoms with Crippen LogP contribution in [0.1, 0.15) is 13.3 Å². The summed E-state index contributed by atoms with van der Waals surface area (Å²) in [5.74, 6) is -0.552. The molecule has 72 valence electrons. The van der Waals surface area contributed by atoms with E-state index in [4.69, 9.17) is 40.5 Å². The van der Waals surface area contributed by atoms with Crippen molar-refractivity contribution in [1.82, 2.24) is 0 Å². The van der Waals surface area contributed by atoms with Gasteiger partial charge in [0.25, 0.3) is 0 Å². The van der Waals surface area contributed by atoms with E-state index in [0.717, 1.165) is 0 Å². The third-order valence-electron chi connectivity index (χ3n) is 1.12. The Kier molecular flexibility index (Phi) is 5.25. The lowest BCUT2D eigenvalue weighted by Gasteiger charge is -2.13. The van der Waals surface area contributed by atoms with Gasteiger partial charge >= 0.3 is 5.97 Å². The van der Waals surface area contributed by atoms with E-state index in [0.29, 0.717) is 6.42 Å². The zero-order chi connectivity index (χ0) is 9.78. The van der Waals surface area contributed by atoms with Crippen LogP contribution in [0.2, 0.25) is 0 Å². The van der Waals surface area contributed by atoms with Gasteiger partial charge in [0, 0.05) is 0 Å². The van der Waals surface area contributed by atoms with Crippen molar-refractivity contribution in [2.75, 3.05) is 6.61 Å². The van der Waals surface area contributed by atoms with Gasteiger partial charge in [-0.25, -0.2) is 0 Å². The second kappa shape index (κ2) is 5.12. The average molecular weight is 235 g/mol. The minimum atomic E-state index is -1.57. The van der Waals surface area contributed by atoms with Gasteiger partial charge in [-0.2, -0.15) is 0 Å². The first kappa shape index (κ1) is 12.3. The van der Waals surface area contributed by atoms with Crippen molar-refractivity contribution in [3.63, 3.8) is 0 Å². The topological polar surface area (TPSA) is 52.3 Å². The molecule has 1 unspecified atom stereocenters. The van der Waals surface area contributed by atoms with Crippen LogP contribution in [0.4, 0.5) is 0 Å². The van der Waals surface area contributed by atoms with Gasteiger partial charge in [-0.1, -0.05) is 41.7 Å². The molecule has 0 spiro atoms. The molecule has 0 aromatic heterocycles. The Morgan fingerprint density at radius 3 is 2.42 bits per heavy atom. The van der Waals surface area contributed by atoms with E-state index in [1.54, 1.807) is 6.92 Å². The summed E-state index contributed by atoms with van der Waals surface area (Å²) in [5.41, 5.74) is 5.34. The summed E-state index contributed by atoms with van der Waals surface area (Å²) < 4.78 is 3.03. The largest absolute Gasteiger partial charge is 0.460 e. The summed E-state index contributed by atoms with van der Waals surface area (Å²) in [6.45, 7) is 1.49. The van der Waals surface area contributed by atoms with E-state index in [1.165, 1.54) is 0 Å². The monoisotopic (exact) mass is 233 g/mol. The quantitative estimate of drug-likeness (QED) is 0.597. The number of hydrogen-bond acceptors (Lipinski definition) is 3. The highest BCUT2D eigenvalue weighted by molar-refractivity contribution is 6.67. The van der Waals surface area contributed by atoms with Crippen molar-refractivity contribution in [2.45, 2.75) is 23.2 Å². The first-order chi connectivity index (χ1) is 5.37. The van der Waals surface area contributed by atoms with Crippen LogP contribution in [-0.4, -0.2) is 22.4 Å². The summed E-state index contributed by atoms with van der Waals surface area (Å²) in [5, 5.41) is 0. The molecule has 0 aliphatic carbocycles. The smallest absolute Gasteiger partial charge is 0.323 e. The molecule has 0 saturated heterocycles. The molecule has 0 rings (SSSR count). The van der Waals surface area contributed by atoms with Crippen molar-refractivity contribution < 1.29 is 9.53 Å². The number of nitrogens with two attached hydrogens (primary N) is 1. The molecule has 0 heterocycles. The van der Waals surface area contributed by atoms with Crippen LogP contribution < -0.4 is 5.73 Å². The number of esters is 1. The first-order valence-electron chi connectivity index (χ1n) is 3.35. The Hall–Kier alpha value is 0.300. The number of alkyl halides is 3. The van der Waals surface area contributed by atoms with Crippen LogP contribution in [0.3, 0.4) is 0 Å². The molecule has 3 nitrogen and oxygen atoms in total. The van der Waals surface area contributed by atoms with Gasteiger partial charge in [-0.3, -0.25) is 4.79 Å². The van der Waals surface area contributed by atoms with E-state index >= 15 is 0 Å². The Morgan fingerprint density at radius 1 is 1.58 bits per heavy atom. The molecule has 1 atom stereocenters. The molecule has 0 aromatic carbocycles. The SMILES string of the molecule is CCC(N)C(=O)OCC(Cl)(Cl)Cl. The second-order valence-corrected chi connectivity index (χ2v) is 4.75. The summed E-state index contributed by atoms with van der Waals surface area (Å²) in [6.07, 6.45) is 0.499. The zero-order valence-corrected chi connectivity index (χ0v) is 8.79. The summed E-state index contributed by atoms with van der Waals surface area (Å²) in [4.78, 5) is 10.9. The molecule has 12 heavy (non-hydrogen) atoms. The number of hydrogen-bond donors (Lipinski definition) is 1. The Bertz CT molecular complexity index is 157.